The number of aromatic nitrogens is 1. The third kappa shape index (κ3) is 4.02. The van der Waals surface area contributed by atoms with Crippen molar-refractivity contribution in [2.75, 3.05) is 4.72 Å². The quantitative estimate of drug-likeness (QED) is 0.854. The minimum Gasteiger partial charge on any atom is -0.310 e. The van der Waals surface area contributed by atoms with Gasteiger partial charge in [-0.15, -0.1) is 22.7 Å². The summed E-state index contributed by atoms with van der Waals surface area (Å²) in [6.07, 6.45) is 0. The van der Waals surface area contributed by atoms with Gasteiger partial charge in [0.05, 0.1) is 5.69 Å². The summed E-state index contributed by atoms with van der Waals surface area (Å²) in [5, 5.41) is 5.47. The van der Waals surface area contributed by atoms with E-state index in [-0.39, 0.29) is 0 Å². The number of hydrogen-bond acceptors (Lipinski definition) is 6. The molecule has 0 aliphatic rings. The molecule has 2 heterocycles. The molecular formula is C12H17N3O2S3. The topological polar surface area (TPSA) is 71.1 Å². The first-order chi connectivity index (χ1) is 9.37. The number of aryl methyl sites for hydroxylation is 1. The highest BCUT2D eigenvalue weighted by atomic mass is 32.2. The number of nitrogens with one attached hydrogen (secondary N) is 2. The van der Waals surface area contributed by atoms with Crippen LogP contribution in [0.2, 0.25) is 0 Å². The van der Waals surface area contributed by atoms with Crippen LogP contribution < -0.4 is 10.0 Å². The summed E-state index contributed by atoms with van der Waals surface area (Å²) in [5.41, 5.74) is 0.806. The molecule has 0 radical (unpaired) electrons. The fourth-order valence-electron chi connectivity index (χ4n) is 1.47. The highest BCUT2D eigenvalue weighted by Crippen LogP contribution is 2.25. The van der Waals surface area contributed by atoms with Gasteiger partial charge in [0.15, 0.2) is 5.13 Å². The Bertz CT molecular complexity index is 674. The van der Waals surface area contributed by atoms with Crippen molar-refractivity contribution >= 4 is 37.8 Å². The van der Waals surface area contributed by atoms with Crippen LogP contribution in [0, 0.1) is 6.92 Å². The minimum absolute atomic E-state index is 0.311. The first-order valence-electron chi connectivity index (χ1n) is 6.14. The molecule has 0 fully saturated rings. The number of hydrogen-bond donors (Lipinski definition) is 2. The van der Waals surface area contributed by atoms with Crippen molar-refractivity contribution in [3.8, 4) is 0 Å². The Hall–Kier alpha value is -0.960. The molecule has 2 aromatic rings. The van der Waals surface area contributed by atoms with Gasteiger partial charge in [-0.3, -0.25) is 4.72 Å². The number of rotatable bonds is 6. The molecule has 8 heteroatoms. The maximum absolute atomic E-state index is 12.2. The number of nitrogens with zero attached hydrogens (tertiary/aromatic N) is 1. The average molecular weight is 331 g/mol. The van der Waals surface area contributed by atoms with Crippen molar-refractivity contribution in [2.45, 2.75) is 37.6 Å². The lowest BCUT2D eigenvalue weighted by molar-refractivity contribution is 0.593. The third-order valence-corrected chi connectivity index (χ3v) is 6.35. The van der Waals surface area contributed by atoms with Crippen LogP contribution in [-0.2, 0) is 16.6 Å². The average Bonchev–Trinajstić information content (AvgIpc) is 2.95. The second kappa shape index (κ2) is 6.21. The number of anilines is 1. The van der Waals surface area contributed by atoms with E-state index in [0.717, 1.165) is 10.6 Å². The smallest absolute Gasteiger partial charge is 0.273 e. The first-order valence-corrected chi connectivity index (χ1v) is 9.32. The van der Waals surface area contributed by atoms with Gasteiger partial charge in [0, 0.05) is 22.8 Å². The molecule has 20 heavy (non-hydrogen) atoms. The Balaban J connectivity index is 2.09. The molecule has 0 atom stereocenters. The van der Waals surface area contributed by atoms with Gasteiger partial charge >= 0.3 is 0 Å². The summed E-state index contributed by atoms with van der Waals surface area (Å²) in [7, 11) is -3.53. The highest BCUT2D eigenvalue weighted by molar-refractivity contribution is 7.94. The van der Waals surface area contributed by atoms with Crippen molar-refractivity contribution < 1.29 is 8.42 Å². The largest absolute Gasteiger partial charge is 0.310 e. The van der Waals surface area contributed by atoms with Crippen LogP contribution in [0.25, 0.3) is 0 Å². The van der Waals surface area contributed by atoms with Crippen molar-refractivity contribution in [2.24, 2.45) is 0 Å². The lowest BCUT2D eigenvalue weighted by Gasteiger charge is -2.05. The summed E-state index contributed by atoms with van der Waals surface area (Å²) in [6, 6.07) is 3.83. The molecule has 0 spiro atoms. The monoisotopic (exact) mass is 331 g/mol. The van der Waals surface area contributed by atoms with E-state index in [2.05, 4.69) is 28.9 Å². The van der Waals surface area contributed by atoms with Crippen LogP contribution in [0.4, 0.5) is 5.13 Å². The van der Waals surface area contributed by atoms with Gasteiger partial charge in [0.2, 0.25) is 0 Å². The summed E-state index contributed by atoms with van der Waals surface area (Å²) in [4.78, 5) is 5.10. The number of thiophene rings is 1. The molecule has 2 rings (SSSR count). The van der Waals surface area contributed by atoms with E-state index < -0.39 is 10.0 Å². The van der Waals surface area contributed by atoms with Gasteiger partial charge in [-0.1, -0.05) is 13.8 Å². The fourth-order valence-corrected chi connectivity index (χ4v) is 4.72. The molecule has 2 aromatic heterocycles. The van der Waals surface area contributed by atoms with Crippen LogP contribution in [0.1, 0.15) is 24.4 Å². The van der Waals surface area contributed by atoms with Crippen LogP contribution in [-0.4, -0.2) is 19.4 Å². The zero-order chi connectivity index (χ0) is 14.8. The van der Waals surface area contributed by atoms with Crippen molar-refractivity contribution in [1.82, 2.24) is 10.3 Å². The molecule has 2 N–H and O–H groups in total. The van der Waals surface area contributed by atoms with Gasteiger partial charge in [-0.2, -0.15) is 0 Å². The van der Waals surface area contributed by atoms with Gasteiger partial charge < -0.3 is 5.32 Å². The normalized spacial score (nSPS) is 12.0. The van der Waals surface area contributed by atoms with Crippen LogP contribution in [0.5, 0.6) is 0 Å². The number of thiazole rings is 1. The maximum Gasteiger partial charge on any atom is 0.273 e. The minimum atomic E-state index is -3.53. The Morgan fingerprint density at radius 3 is 2.70 bits per heavy atom. The van der Waals surface area contributed by atoms with Gasteiger partial charge in [-0.05, 0) is 19.1 Å². The molecule has 0 aliphatic carbocycles. The van der Waals surface area contributed by atoms with E-state index in [1.54, 1.807) is 6.07 Å². The zero-order valence-corrected chi connectivity index (χ0v) is 14.0. The van der Waals surface area contributed by atoms with E-state index in [1.165, 1.54) is 22.7 Å². The Kier molecular flexibility index (Phi) is 4.79. The third-order valence-electron chi connectivity index (χ3n) is 2.43. The Labute approximate surface area is 127 Å². The van der Waals surface area contributed by atoms with Crippen molar-refractivity contribution in [3.63, 3.8) is 0 Å². The summed E-state index contributed by atoms with van der Waals surface area (Å²) >= 11 is 2.55. The first kappa shape index (κ1) is 15.4. The summed E-state index contributed by atoms with van der Waals surface area (Å²) < 4.78 is 27.2. The molecule has 0 aromatic carbocycles. The van der Waals surface area contributed by atoms with E-state index in [0.29, 0.717) is 21.9 Å². The molecule has 0 saturated carbocycles. The van der Waals surface area contributed by atoms with E-state index >= 15 is 0 Å². The molecule has 0 bridgehead atoms. The highest BCUT2D eigenvalue weighted by Gasteiger charge is 2.18. The molecule has 0 aliphatic heterocycles. The Morgan fingerprint density at radius 2 is 2.10 bits per heavy atom. The number of sulfonamides is 1. The predicted octanol–water partition coefficient (Wildman–Crippen LogP) is 2.81. The lowest BCUT2D eigenvalue weighted by Crippen LogP contribution is -2.21. The summed E-state index contributed by atoms with van der Waals surface area (Å²) in [5.74, 6) is 0. The second-order valence-corrected chi connectivity index (χ2v) is 8.59. The zero-order valence-electron chi connectivity index (χ0n) is 11.5. The van der Waals surface area contributed by atoms with E-state index in [1.807, 2.05) is 18.4 Å². The van der Waals surface area contributed by atoms with Crippen molar-refractivity contribution in [1.29, 1.82) is 0 Å². The molecule has 0 saturated heterocycles. The second-order valence-electron chi connectivity index (χ2n) is 4.66. The molecule has 110 valence electrons. The molecule has 5 nitrogen and oxygen atoms in total. The van der Waals surface area contributed by atoms with Crippen molar-refractivity contribution in [3.05, 3.63) is 28.1 Å². The fraction of sp³-hybridized carbons (Fsp3) is 0.417. The summed E-state index contributed by atoms with van der Waals surface area (Å²) in [6.45, 7) is 6.61. The molecule has 0 unspecified atom stereocenters. The predicted molar refractivity (Wildman–Crippen MR) is 84.0 cm³/mol. The van der Waals surface area contributed by atoms with Crippen LogP contribution >= 0.6 is 22.7 Å². The van der Waals surface area contributed by atoms with Crippen LogP contribution in [0.3, 0.4) is 0 Å². The van der Waals surface area contributed by atoms with E-state index in [4.69, 9.17) is 0 Å². The van der Waals surface area contributed by atoms with Crippen LogP contribution in [0.15, 0.2) is 21.7 Å². The molecular weight excluding hydrogens is 314 g/mol. The van der Waals surface area contributed by atoms with E-state index in [9.17, 15) is 8.42 Å². The SMILES string of the molecule is Cc1csc(NS(=O)(=O)c2ccc(CNC(C)C)s2)n1. The van der Waals surface area contributed by atoms with Gasteiger partial charge in [0.1, 0.15) is 4.21 Å². The molecule has 0 amide bonds. The Morgan fingerprint density at radius 1 is 1.35 bits per heavy atom. The van der Waals surface area contributed by atoms with Gasteiger partial charge in [-0.25, -0.2) is 13.4 Å². The standard InChI is InChI=1S/C12H17N3O2S3/c1-8(2)13-6-10-4-5-11(19-10)20(16,17)15-12-14-9(3)7-18-12/h4-5,7-8,13H,6H2,1-3H3,(H,14,15). The lowest BCUT2D eigenvalue weighted by atomic mass is 10.4. The maximum atomic E-state index is 12.2. The van der Waals surface area contributed by atoms with Gasteiger partial charge in [0.25, 0.3) is 10.0 Å².